The molecule has 2 aromatic rings. The van der Waals surface area contributed by atoms with Gasteiger partial charge in [0.15, 0.2) is 5.96 Å². The van der Waals surface area contributed by atoms with Gasteiger partial charge in [0.05, 0.1) is 0 Å². The first-order valence-electron chi connectivity index (χ1n) is 8.97. The molecule has 0 unspecified atom stereocenters. The quantitative estimate of drug-likeness (QED) is 0.483. The Balaban J connectivity index is 1.49. The summed E-state index contributed by atoms with van der Waals surface area (Å²) in [5.41, 5.74) is 8.34. The maximum Gasteiger partial charge on any atom is 0.246 e. The normalized spacial score (nSPS) is 14.5. The lowest BCUT2D eigenvalue weighted by molar-refractivity contribution is -0.114. The highest BCUT2D eigenvalue weighted by molar-refractivity contribution is 5.94. The third kappa shape index (κ3) is 5.01. The fraction of sp³-hybridized carbons (Fsp3) is 0.238. The highest BCUT2D eigenvalue weighted by Crippen LogP contribution is 2.16. The molecule has 7 heteroatoms. The van der Waals surface area contributed by atoms with Crippen molar-refractivity contribution in [3.8, 4) is 12.3 Å². The van der Waals surface area contributed by atoms with E-state index < -0.39 is 0 Å². The second kappa shape index (κ2) is 8.91. The summed E-state index contributed by atoms with van der Waals surface area (Å²) in [6, 6.07) is 13.5. The van der Waals surface area contributed by atoms with Crippen LogP contribution in [0.3, 0.4) is 0 Å². The van der Waals surface area contributed by atoms with Gasteiger partial charge in [0, 0.05) is 43.1 Å². The number of halogens is 1. The van der Waals surface area contributed by atoms with Crippen molar-refractivity contribution in [2.24, 2.45) is 10.7 Å². The molecule has 0 aliphatic carbocycles. The molecule has 144 valence electrons. The van der Waals surface area contributed by atoms with Gasteiger partial charge in [-0.1, -0.05) is 12.0 Å². The summed E-state index contributed by atoms with van der Waals surface area (Å²) in [5, 5.41) is 2.75. The van der Waals surface area contributed by atoms with Crippen LogP contribution in [0.25, 0.3) is 0 Å². The first-order valence-corrected chi connectivity index (χ1v) is 8.97. The van der Waals surface area contributed by atoms with Crippen molar-refractivity contribution in [3.05, 3.63) is 59.9 Å². The Morgan fingerprint density at radius 3 is 2.57 bits per heavy atom. The van der Waals surface area contributed by atoms with Crippen molar-refractivity contribution in [3.63, 3.8) is 0 Å². The molecule has 1 fully saturated rings. The number of guanidine groups is 1. The Hall–Kier alpha value is -3.53. The zero-order chi connectivity index (χ0) is 19.9. The van der Waals surface area contributed by atoms with Gasteiger partial charge in [0.1, 0.15) is 12.4 Å². The molecule has 0 saturated carbocycles. The molecule has 1 amide bonds. The Bertz CT molecular complexity index is 896. The molecule has 1 heterocycles. The number of carbonyl (C=O) groups excluding carboxylic acids is 1. The Morgan fingerprint density at radius 1 is 1.18 bits per heavy atom. The Morgan fingerprint density at radius 2 is 1.89 bits per heavy atom. The van der Waals surface area contributed by atoms with Crippen LogP contribution in [-0.2, 0) is 4.79 Å². The number of hydrogen-bond acceptors (Lipinski definition) is 3. The predicted octanol–water partition coefficient (Wildman–Crippen LogP) is 1.88. The van der Waals surface area contributed by atoms with E-state index >= 15 is 0 Å². The van der Waals surface area contributed by atoms with Crippen LogP contribution in [0.1, 0.15) is 5.56 Å². The van der Waals surface area contributed by atoms with Crippen LogP contribution in [-0.4, -0.2) is 49.5 Å². The first kappa shape index (κ1) is 19.2. The minimum Gasteiger partial charge on any atom is -0.370 e. The molecule has 0 aromatic heterocycles. The summed E-state index contributed by atoms with van der Waals surface area (Å²) in [6.45, 7) is 2.78. The van der Waals surface area contributed by atoms with E-state index in [1.165, 1.54) is 12.1 Å². The van der Waals surface area contributed by atoms with Gasteiger partial charge in [-0.2, -0.15) is 0 Å². The predicted molar refractivity (Wildman–Crippen MR) is 110 cm³/mol. The average Bonchev–Trinajstić information content (AvgIpc) is 2.73. The van der Waals surface area contributed by atoms with Gasteiger partial charge in [0.25, 0.3) is 0 Å². The number of hydrogen-bond donors (Lipinski definition) is 2. The van der Waals surface area contributed by atoms with E-state index in [-0.39, 0.29) is 18.3 Å². The number of nitrogens with one attached hydrogen (secondary N) is 1. The number of aliphatic imine (C=N–C) groups is 1. The fourth-order valence-electron chi connectivity index (χ4n) is 2.99. The standard InChI is InChI=1S/C21H22FN5O/c1-2-16-4-3-5-18(14-16)25-20(28)15-24-21(23)27-12-10-26(11-13-27)19-8-6-17(22)7-9-19/h1,3-9,14H,10-13,15H2,(H2,23,24)(H,25,28). The minimum absolute atomic E-state index is 0.0652. The SMILES string of the molecule is C#Cc1cccc(NC(=O)CN=C(N)N2CCN(c3ccc(F)cc3)CC2)c1. The van der Waals surface area contributed by atoms with Crippen LogP contribution in [0.2, 0.25) is 0 Å². The molecule has 28 heavy (non-hydrogen) atoms. The minimum atomic E-state index is -0.262. The van der Waals surface area contributed by atoms with Gasteiger partial charge in [-0.05, 0) is 42.5 Å². The summed E-state index contributed by atoms with van der Waals surface area (Å²) in [6.07, 6.45) is 5.36. The van der Waals surface area contributed by atoms with E-state index in [1.54, 1.807) is 36.4 Å². The summed E-state index contributed by atoms with van der Waals surface area (Å²) < 4.78 is 13.0. The van der Waals surface area contributed by atoms with Crippen LogP contribution >= 0.6 is 0 Å². The molecule has 3 rings (SSSR count). The Kier molecular flexibility index (Phi) is 6.12. The zero-order valence-electron chi connectivity index (χ0n) is 15.4. The largest absolute Gasteiger partial charge is 0.370 e. The van der Waals surface area contributed by atoms with Gasteiger partial charge in [0.2, 0.25) is 5.91 Å². The topological polar surface area (TPSA) is 74.0 Å². The number of carbonyl (C=O) groups is 1. The number of nitrogens with two attached hydrogens (primary N) is 1. The maximum atomic E-state index is 13.0. The number of rotatable bonds is 4. The number of benzene rings is 2. The van der Waals surface area contributed by atoms with Gasteiger partial charge in [-0.15, -0.1) is 6.42 Å². The molecule has 1 saturated heterocycles. The van der Waals surface area contributed by atoms with E-state index in [1.807, 2.05) is 4.90 Å². The summed E-state index contributed by atoms with van der Waals surface area (Å²) in [7, 11) is 0. The average molecular weight is 379 g/mol. The molecule has 1 aliphatic rings. The van der Waals surface area contributed by atoms with Crippen molar-refractivity contribution in [1.82, 2.24) is 4.90 Å². The first-order chi connectivity index (χ1) is 13.5. The third-order valence-electron chi connectivity index (χ3n) is 4.49. The fourth-order valence-corrected chi connectivity index (χ4v) is 2.99. The number of terminal acetylenes is 1. The second-order valence-corrected chi connectivity index (χ2v) is 6.40. The lowest BCUT2D eigenvalue weighted by Crippen LogP contribution is -2.51. The van der Waals surface area contributed by atoms with Crippen molar-refractivity contribution in [1.29, 1.82) is 0 Å². The van der Waals surface area contributed by atoms with E-state index in [4.69, 9.17) is 12.2 Å². The molecule has 1 aliphatic heterocycles. The summed E-state index contributed by atoms with van der Waals surface area (Å²) >= 11 is 0. The van der Waals surface area contributed by atoms with E-state index in [0.717, 1.165) is 18.8 Å². The van der Waals surface area contributed by atoms with E-state index in [9.17, 15) is 9.18 Å². The molecule has 3 N–H and O–H groups in total. The van der Waals surface area contributed by atoms with Gasteiger partial charge in [-0.25, -0.2) is 9.38 Å². The van der Waals surface area contributed by atoms with Crippen LogP contribution in [0.5, 0.6) is 0 Å². The maximum absolute atomic E-state index is 13.0. The second-order valence-electron chi connectivity index (χ2n) is 6.40. The number of anilines is 2. The number of piperazine rings is 1. The molecule has 0 spiro atoms. The van der Waals surface area contributed by atoms with Gasteiger partial charge in [-0.3, -0.25) is 4.79 Å². The molecule has 0 radical (unpaired) electrons. The molecule has 0 bridgehead atoms. The molecule has 6 nitrogen and oxygen atoms in total. The lowest BCUT2D eigenvalue weighted by Gasteiger charge is -2.36. The van der Waals surface area contributed by atoms with E-state index in [2.05, 4.69) is 21.1 Å². The summed E-state index contributed by atoms with van der Waals surface area (Å²) in [5.74, 6) is 2.35. The molecule has 2 aromatic carbocycles. The van der Waals surface area contributed by atoms with E-state index in [0.29, 0.717) is 30.3 Å². The van der Waals surface area contributed by atoms with Crippen LogP contribution in [0.15, 0.2) is 53.5 Å². The zero-order valence-corrected chi connectivity index (χ0v) is 15.4. The third-order valence-corrected chi connectivity index (χ3v) is 4.49. The summed E-state index contributed by atoms with van der Waals surface area (Å²) in [4.78, 5) is 20.4. The number of amides is 1. The van der Waals surface area contributed by atoms with Crippen LogP contribution in [0, 0.1) is 18.2 Å². The van der Waals surface area contributed by atoms with Crippen molar-refractivity contribution in [2.75, 3.05) is 42.9 Å². The van der Waals surface area contributed by atoms with Crippen molar-refractivity contribution < 1.29 is 9.18 Å². The number of nitrogens with zero attached hydrogens (tertiary/aromatic N) is 3. The highest BCUT2D eigenvalue weighted by atomic mass is 19.1. The smallest absolute Gasteiger partial charge is 0.246 e. The lowest BCUT2D eigenvalue weighted by atomic mass is 10.2. The van der Waals surface area contributed by atoms with Crippen LogP contribution in [0.4, 0.5) is 15.8 Å². The van der Waals surface area contributed by atoms with Crippen molar-refractivity contribution >= 4 is 23.2 Å². The molecular weight excluding hydrogens is 357 g/mol. The van der Waals surface area contributed by atoms with Gasteiger partial charge < -0.3 is 20.9 Å². The molecular formula is C21H22FN5O. The van der Waals surface area contributed by atoms with Crippen molar-refractivity contribution in [2.45, 2.75) is 0 Å². The molecule has 0 atom stereocenters. The van der Waals surface area contributed by atoms with Gasteiger partial charge >= 0.3 is 0 Å². The highest BCUT2D eigenvalue weighted by Gasteiger charge is 2.18. The monoisotopic (exact) mass is 379 g/mol. The van der Waals surface area contributed by atoms with Crippen LogP contribution < -0.4 is 16.0 Å². The Labute approximate surface area is 163 Å².